The van der Waals surface area contributed by atoms with Crippen molar-refractivity contribution in [2.75, 3.05) is 7.11 Å². The summed E-state index contributed by atoms with van der Waals surface area (Å²) in [7, 11) is 4.71. The molecule has 0 amide bonds. The van der Waals surface area contributed by atoms with Gasteiger partial charge < -0.3 is 5.48 Å². The summed E-state index contributed by atoms with van der Waals surface area (Å²) >= 11 is 0.618. The van der Waals surface area contributed by atoms with Crippen LogP contribution in [0.3, 0.4) is 0 Å². The number of aromatic nitrogens is 4. The summed E-state index contributed by atoms with van der Waals surface area (Å²) in [5.74, 6) is -1.53. The third-order valence-electron chi connectivity index (χ3n) is 5.25. The van der Waals surface area contributed by atoms with E-state index >= 15 is 0 Å². The molecule has 4 N–H and O–H groups in total. The van der Waals surface area contributed by atoms with Gasteiger partial charge in [-0.1, -0.05) is 0 Å². The van der Waals surface area contributed by atoms with Gasteiger partial charge in [-0.3, -0.25) is 9.78 Å². The Morgan fingerprint density at radius 2 is 1.97 bits per heavy atom. The van der Waals surface area contributed by atoms with E-state index in [1.54, 1.807) is 26.3 Å². The first-order valence-corrected chi connectivity index (χ1v) is 13.8. The van der Waals surface area contributed by atoms with Crippen LogP contribution in [0.5, 0.6) is 0 Å². The molecule has 1 unspecified atom stereocenters. The largest absolute Gasteiger partial charge is 0.412 e. The number of methoxy groups -OCH3 is 1. The predicted octanol–water partition coefficient (Wildman–Crippen LogP) is -1.77. The Morgan fingerprint density at radius 3 is 2.59 bits per heavy atom. The van der Waals surface area contributed by atoms with Crippen LogP contribution >= 0.6 is 0 Å². The average molecular weight is 660 g/mol. The number of aryl methyl sites for hydroxylation is 1. The number of benzene rings is 1. The van der Waals surface area contributed by atoms with Crippen LogP contribution in [0.4, 0.5) is 0 Å². The second-order valence-electron chi connectivity index (χ2n) is 7.28. The molecule has 4 aromatic rings. The minimum Gasteiger partial charge on any atom is -0.412 e. The van der Waals surface area contributed by atoms with Crippen LogP contribution < -0.4 is 27.0 Å². The quantitative estimate of drug-likeness (QED) is 0.194. The molecule has 0 fully saturated rings. The number of carboxylic acid groups (broad SMARTS) is 1. The SMILES string of the molecule is COC([CH2][Hg])Cc1cccc2cc(C(=O)[O-])c(=O)oc12.Cn1c(=O)c2[nH]c[nH+]c2n(C)c1=O.O. The molecule has 0 saturated carbocycles. The molecule has 12 nitrogen and oxygen atoms in total. The van der Waals surface area contributed by atoms with Gasteiger partial charge in [0.2, 0.25) is 5.52 Å². The van der Waals surface area contributed by atoms with Crippen LogP contribution in [-0.2, 0) is 51.4 Å². The Labute approximate surface area is 208 Å². The van der Waals surface area contributed by atoms with Gasteiger partial charge in [0.05, 0.1) is 7.05 Å². The second-order valence-corrected chi connectivity index (χ2v) is 9.53. The summed E-state index contributed by atoms with van der Waals surface area (Å²) in [6.45, 7) is 0. The monoisotopic (exact) mass is 661 g/mol. The van der Waals surface area contributed by atoms with E-state index in [1.807, 2.05) is 6.07 Å². The van der Waals surface area contributed by atoms with Crippen LogP contribution in [0.2, 0.25) is 3.93 Å². The van der Waals surface area contributed by atoms with Crippen LogP contribution in [0.25, 0.3) is 22.1 Å². The van der Waals surface area contributed by atoms with E-state index < -0.39 is 17.2 Å². The first-order chi connectivity index (χ1) is 15.7. The number of carboxylic acids is 1. The van der Waals surface area contributed by atoms with E-state index in [0.717, 1.165) is 14.1 Å². The zero-order valence-electron chi connectivity index (χ0n) is 18.8. The molecule has 13 heteroatoms. The van der Waals surface area contributed by atoms with E-state index in [-0.39, 0.29) is 22.8 Å². The molecule has 177 valence electrons. The molecule has 0 radical (unpaired) electrons. The summed E-state index contributed by atoms with van der Waals surface area (Å²) < 4.78 is 14.0. The van der Waals surface area contributed by atoms with Gasteiger partial charge in [0.15, 0.2) is 6.33 Å². The molecule has 4 rings (SSSR count). The number of ether oxygens (including phenoxy) is 1. The molecule has 0 bridgehead atoms. The molecular formula is C21H23HgN4O8. The third-order valence-corrected chi connectivity index (χ3v) is 7.76. The van der Waals surface area contributed by atoms with Crippen molar-refractivity contribution in [2.24, 2.45) is 14.1 Å². The number of rotatable bonds is 5. The van der Waals surface area contributed by atoms with Gasteiger partial charge >= 0.3 is 143 Å². The van der Waals surface area contributed by atoms with Crippen molar-refractivity contribution in [1.29, 1.82) is 0 Å². The molecule has 0 aliphatic carbocycles. The third kappa shape index (κ3) is 5.34. The number of imidazole rings is 1. The van der Waals surface area contributed by atoms with Crippen molar-refractivity contribution in [2.45, 2.75) is 16.5 Å². The summed E-state index contributed by atoms with van der Waals surface area (Å²) in [6.07, 6.45) is 2.27. The Kier molecular flexibility index (Phi) is 9.07. The van der Waals surface area contributed by atoms with Crippen molar-refractivity contribution in [1.82, 2.24) is 14.1 Å². The number of hydrogen-bond donors (Lipinski definition) is 1. The molecule has 0 saturated heterocycles. The van der Waals surface area contributed by atoms with Crippen molar-refractivity contribution in [3.05, 3.63) is 73.0 Å². The summed E-state index contributed by atoms with van der Waals surface area (Å²) in [4.78, 5) is 50.9. The summed E-state index contributed by atoms with van der Waals surface area (Å²) in [5, 5.41) is 11.4. The fourth-order valence-corrected chi connectivity index (χ4v) is 5.09. The maximum absolute atomic E-state index is 11.6. The first kappa shape index (κ1) is 27.2. The number of nitrogens with zero attached hydrogens (tertiary/aromatic N) is 2. The normalized spacial score (nSPS) is 11.6. The van der Waals surface area contributed by atoms with E-state index in [0.29, 0.717) is 54.7 Å². The van der Waals surface area contributed by atoms with E-state index in [9.17, 15) is 24.3 Å². The average Bonchev–Trinajstić information content (AvgIpc) is 3.30. The molecule has 3 aromatic heterocycles. The van der Waals surface area contributed by atoms with Gasteiger partial charge in [0, 0.05) is 7.05 Å². The predicted molar refractivity (Wildman–Crippen MR) is 115 cm³/mol. The van der Waals surface area contributed by atoms with Gasteiger partial charge in [0.1, 0.15) is 0 Å². The van der Waals surface area contributed by atoms with Crippen molar-refractivity contribution in [3.63, 3.8) is 0 Å². The molecule has 0 spiro atoms. The smallest absolute Gasteiger partial charge is 0.388 e. The van der Waals surface area contributed by atoms with E-state index in [1.165, 1.54) is 24.0 Å². The van der Waals surface area contributed by atoms with E-state index in [2.05, 4.69) is 9.97 Å². The van der Waals surface area contributed by atoms with Crippen molar-refractivity contribution in [3.8, 4) is 0 Å². The number of aromatic carboxylic acids is 1. The number of nitrogens with one attached hydrogen (secondary N) is 2. The standard InChI is InChI=1S/C14H13O5.C7H8N4O2.Hg.H2O/c1-8(18-2)6-9-4-3-5-10-7-11(13(15)16)14(17)19-12(9)10;1-10-5-4(8-3-9-5)6(12)11(2)7(10)13;;/h3-5,7-8H,1,6H2,2H3,(H,15,16);3H,1-2H3,(H,8,9);;1H2. The van der Waals surface area contributed by atoms with Gasteiger partial charge in [-0.15, -0.1) is 0 Å². The van der Waals surface area contributed by atoms with Crippen LogP contribution in [0, 0.1) is 0 Å². The van der Waals surface area contributed by atoms with Crippen molar-refractivity contribution >= 4 is 28.1 Å². The minimum absolute atomic E-state index is 0. The Morgan fingerprint density at radius 1 is 1.26 bits per heavy atom. The zero-order chi connectivity index (χ0) is 24.3. The number of para-hydroxylation sites is 1. The first-order valence-electron chi connectivity index (χ1n) is 9.93. The molecule has 34 heavy (non-hydrogen) atoms. The number of carbonyl (C=O) groups is 1. The number of aromatic amines is 2. The number of hydrogen-bond acceptors (Lipinski definition) is 7. The fraction of sp³-hybridized carbons (Fsp3) is 0.286. The van der Waals surface area contributed by atoms with Crippen LogP contribution in [-0.4, -0.2) is 38.8 Å². The Balaban J connectivity index is 0.000000253. The number of carbonyl (C=O) groups excluding carboxylic acids is 1. The maximum atomic E-state index is 11.6. The van der Waals surface area contributed by atoms with E-state index in [4.69, 9.17) is 9.15 Å². The van der Waals surface area contributed by atoms with Gasteiger partial charge in [0.25, 0.3) is 5.65 Å². The fourth-order valence-electron chi connectivity index (χ4n) is 3.38. The molecule has 0 aliphatic heterocycles. The molecule has 1 atom stereocenters. The van der Waals surface area contributed by atoms with Crippen LogP contribution in [0.15, 0.2) is 49.4 Å². The topological polar surface area (TPSA) is 185 Å². The molecule has 0 aliphatic rings. The van der Waals surface area contributed by atoms with Crippen LogP contribution in [0.1, 0.15) is 15.9 Å². The van der Waals surface area contributed by atoms with Crippen molar-refractivity contribution < 1.29 is 55.6 Å². The van der Waals surface area contributed by atoms with Gasteiger partial charge in [-0.05, 0) is 0 Å². The van der Waals surface area contributed by atoms with Gasteiger partial charge in [-0.25, -0.2) is 18.9 Å². The molecule has 3 heterocycles. The molecule has 1 aromatic carbocycles. The second kappa shape index (κ2) is 11.4. The summed E-state index contributed by atoms with van der Waals surface area (Å²) in [6, 6.07) is 6.67. The zero-order valence-corrected chi connectivity index (χ0v) is 24.3. The van der Waals surface area contributed by atoms with Gasteiger partial charge in [-0.2, -0.15) is 0 Å². The minimum atomic E-state index is -1.53. The summed E-state index contributed by atoms with van der Waals surface area (Å²) in [5.41, 5.74) is 0.191. The Hall–Kier alpha value is -3.09. The number of H-pyrrole nitrogens is 2. The number of fused-ring (bicyclic) bond motifs is 2. The maximum Gasteiger partial charge on any atom is 0.388 e. The molecular weight excluding hydrogens is 637 g/mol. The Bertz CT molecular complexity index is 1500.